The van der Waals surface area contributed by atoms with Gasteiger partial charge in [-0.25, -0.2) is 0 Å². The summed E-state index contributed by atoms with van der Waals surface area (Å²) in [6.07, 6.45) is 0.821. The van der Waals surface area contributed by atoms with Crippen LogP contribution in [0.25, 0.3) is 0 Å². The standard InChI is InChI=1S/C14H22N2O3/c1-4-15(11-14(2,3)17)10-9-12-5-7-13(8-6-12)16(18)19/h5-8,17H,4,9-11H2,1-3H3. The lowest BCUT2D eigenvalue weighted by Crippen LogP contribution is -2.39. The van der Waals surface area contributed by atoms with E-state index in [0.717, 1.165) is 25.1 Å². The second-order valence-corrected chi connectivity index (χ2v) is 5.35. The Bertz CT molecular complexity index is 410. The van der Waals surface area contributed by atoms with E-state index in [4.69, 9.17) is 0 Å². The zero-order chi connectivity index (χ0) is 14.5. The Labute approximate surface area is 114 Å². The molecule has 0 heterocycles. The maximum atomic E-state index is 10.6. The maximum Gasteiger partial charge on any atom is 0.269 e. The molecule has 106 valence electrons. The Hall–Kier alpha value is -1.46. The molecule has 0 saturated heterocycles. The molecule has 0 bridgehead atoms. The van der Waals surface area contributed by atoms with Crippen molar-refractivity contribution in [3.63, 3.8) is 0 Å². The van der Waals surface area contributed by atoms with Crippen molar-refractivity contribution in [3.05, 3.63) is 39.9 Å². The highest BCUT2D eigenvalue weighted by atomic mass is 16.6. The second-order valence-electron chi connectivity index (χ2n) is 5.35. The fourth-order valence-electron chi connectivity index (χ4n) is 1.97. The third kappa shape index (κ3) is 5.81. The average Bonchev–Trinajstić information content (AvgIpc) is 2.33. The summed E-state index contributed by atoms with van der Waals surface area (Å²) in [7, 11) is 0. The SMILES string of the molecule is CCN(CCc1ccc([N+](=O)[O-])cc1)CC(C)(C)O. The molecule has 0 radical (unpaired) electrons. The first-order chi connectivity index (χ1) is 8.81. The van der Waals surface area contributed by atoms with Gasteiger partial charge in [-0.3, -0.25) is 10.1 Å². The van der Waals surface area contributed by atoms with Crippen LogP contribution in [-0.2, 0) is 6.42 Å². The Morgan fingerprint density at radius 2 is 1.89 bits per heavy atom. The fraction of sp³-hybridized carbons (Fsp3) is 0.571. The highest BCUT2D eigenvalue weighted by Crippen LogP contribution is 2.13. The Balaban J connectivity index is 2.53. The number of benzene rings is 1. The highest BCUT2D eigenvalue weighted by Gasteiger charge is 2.16. The van der Waals surface area contributed by atoms with E-state index in [1.165, 1.54) is 12.1 Å². The van der Waals surface area contributed by atoms with E-state index in [0.29, 0.717) is 6.54 Å². The third-order valence-electron chi connectivity index (χ3n) is 2.92. The van der Waals surface area contributed by atoms with Gasteiger partial charge in [-0.05, 0) is 32.4 Å². The smallest absolute Gasteiger partial charge is 0.269 e. The van der Waals surface area contributed by atoms with Gasteiger partial charge in [-0.1, -0.05) is 19.1 Å². The minimum atomic E-state index is -0.703. The van der Waals surface area contributed by atoms with Crippen molar-refractivity contribution in [1.29, 1.82) is 0 Å². The lowest BCUT2D eigenvalue weighted by atomic mass is 10.1. The van der Waals surface area contributed by atoms with E-state index in [1.807, 2.05) is 0 Å². The molecule has 5 heteroatoms. The number of non-ortho nitro benzene ring substituents is 1. The summed E-state index contributed by atoms with van der Waals surface area (Å²) in [6, 6.07) is 6.63. The molecule has 1 N–H and O–H groups in total. The number of nitro groups is 1. The predicted octanol–water partition coefficient (Wildman–Crippen LogP) is 2.23. The van der Waals surface area contributed by atoms with Crippen LogP contribution in [0, 0.1) is 10.1 Å². The molecule has 0 unspecified atom stereocenters. The summed E-state index contributed by atoms with van der Waals surface area (Å²) in [6.45, 7) is 7.97. The normalized spacial score (nSPS) is 11.8. The molecule has 0 amide bonds. The van der Waals surface area contributed by atoms with Gasteiger partial charge in [0.05, 0.1) is 10.5 Å². The van der Waals surface area contributed by atoms with Gasteiger partial charge in [0, 0.05) is 25.2 Å². The minimum Gasteiger partial charge on any atom is -0.389 e. The molecule has 0 aromatic heterocycles. The molecule has 0 atom stereocenters. The van der Waals surface area contributed by atoms with Gasteiger partial charge < -0.3 is 10.0 Å². The monoisotopic (exact) mass is 266 g/mol. The van der Waals surface area contributed by atoms with Crippen LogP contribution in [0.5, 0.6) is 0 Å². The molecule has 0 spiro atoms. The van der Waals surface area contributed by atoms with Gasteiger partial charge in [0.2, 0.25) is 0 Å². The zero-order valence-corrected chi connectivity index (χ0v) is 11.8. The van der Waals surface area contributed by atoms with Crippen LogP contribution < -0.4 is 0 Å². The predicted molar refractivity (Wildman–Crippen MR) is 75.2 cm³/mol. The molecule has 5 nitrogen and oxygen atoms in total. The second kappa shape index (κ2) is 6.63. The summed E-state index contributed by atoms with van der Waals surface area (Å²) >= 11 is 0. The summed E-state index contributed by atoms with van der Waals surface area (Å²) in [5, 5.41) is 20.3. The van der Waals surface area contributed by atoms with Crippen molar-refractivity contribution < 1.29 is 10.0 Å². The first kappa shape index (κ1) is 15.6. The Morgan fingerprint density at radius 1 is 1.32 bits per heavy atom. The fourth-order valence-corrected chi connectivity index (χ4v) is 1.97. The zero-order valence-electron chi connectivity index (χ0n) is 11.8. The first-order valence-corrected chi connectivity index (χ1v) is 6.50. The molecule has 0 aliphatic rings. The van der Waals surface area contributed by atoms with Gasteiger partial charge in [0.1, 0.15) is 0 Å². The Morgan fingerprint density at radius 3 is 2.32 bits per heavy atom. The maximum absolute atomic E-state index is 10.6. The number of rotatable bonds is 7. The number of hydrogen-bond donors (Lipinski definition) is 1. The molecule has 0 aliphatic carbocycles. The molecular formula is C14H22N2O3. The van der Waals surface area contributed by atoms with Crippen LogP contribution in [0.4, 0.5) is 5.69 Å². The van der Waals surface area contributed by atoms with Crippen LogP contribution in [0.2, 0.25) is 0 Å². The van der Waals surface area contributed by atoms with Crippen LogP contribution >= 0.6 is 0 Å². The van der Waals surface area contributed by atoms with Crippen molar-refractivity contribution in [2.24, 2.45) is 0 Å². The van der Waals surface area contributed by atoms with Gasteiger partial charge in [0.25, 0.3) is 5.69 Å². The highest BCUT2D eigenvalue weighted by molar-refractivity contribution is 5.32. The molecule has 19 heavy (non-hydrogen) atoms. The Kier molecular flexibility index (Phi) is 5.44. The summed E-state index contributed by atoms with van der Waals surface area (Å²) in [5.41, 5.74) is 0.485. The van der Waals surface area contributed by atoms with Gasteiger partial charge >= 0.3 is 0 Å². The number of nitrogens with zero attached hydrogens (tertiary/aromatic N) is 2. The van der Waals surface area contributed by atoms with E-state index in [2.05, 4.69) is 11.8 Å². The summed E-state index contributed by atoms with van der Waals surface area (Å²) in [4.78, 5) is 12.3. The summed E-state index contributed by atoms with van der Waals surface area (Å²) < 4.78 is 0. The molecule has 1 rings (SSSR count). The van der Waals surface area contributed by atoms with E-state index in [-0.39, 0.29) is 5.69 Å². The largest absolute Gasteiger partial charge is 0.389 e. The van der Waals surface area contributed by atoms with E-state index >= 15 is 0 Å². The van der Waals surface area contributed by atoms with E-state index < -0.39 is 10.5 Å². The molecule has 1 aromatic rings. The van der Waals surface area contributed by atoms with Crippen molar-refractivity contribution in [2.75, 3.05) is 19.6 Å². The number of likely N-dealkylation sites (N-methyl/N-ethyl adjacent to an activating group) is 1. The molecular weight excluding hydrogens is 244 g/mol. The first-order valence-electron chi connectivity index (χ1n) is 6.50. The van der Waals surface area contributed by atoms with E-state index in [1.54, 1.807) is 26.0 Å². The number of aliphatic hydroxyl groups is 1. The van der Waals surface area contributed by atoms with Crippen molar-refractivity contribution in [3.8, 4) is 0 Å². The van der Waals surface area contributed by atoms with Gasteiger partial charge in [-0.15, -0.1) is 0 Å². The lowest BCUT2D eigenvalue weighted by Gasteiger charge is -2.27. The van der Waals surface area contributed by atoms with Crippen molar-refractivity contribution >= 4 is 5.69 Å². The molecule has 1 aromatic carbocycles. The van der Waals surface area contributed by atoms with Crippen molar-refractivity contribution in [2.45, 2.75) is 32.8 Å². The van der Waals surface area contributed by atoms with Crippen LogP contribution in [-0.4, -0.2) is 40.2 Å². The van der Waals surface area contributed by atoms with Gasteiger partial charge in [-0.2, -0.15) is 0 Å². The van der Waals surface area contributed by atoms with Gasteiger partial charge in [0.15, 0.2) is 0 Å². The third-order valence-corrected chi connectivity index (χ3v) is 2.92. The van der Waals surface area contributed by atoms with Crippen LogP contribution in [0.3, 0.4) is 0 Å². The minimum absolute atomic E-state index is 0.118. The molecule has 0 saturated carbocycles. The summed E-state index contributed by atoms with van der Waals surface area (Å²) in [5.74, 6) is 0. The quantitative estimate of drug-likeness (QED) is 0.607. The number of nitro benzene ring substituents is 1. The molecule has 0 aliphatic heterocycles. The lowest BCUT2D eigenvalue weighted by molar-refractivity contribution is -0.384. The number of hydrogen-bond acceptors (Lipinski definition) is 4. The van der Waals surface area contributed by atoms with Crippen molar-refractivity contribution in [1.82, 2.24) is 4.90 Å². The average molecular weight is 266 g/mol. The van der Waals surface area contributed by atoms with Crippen LogP contribution in [0.15, 0.2) is 24.3 Å². The topological polar surface area (TPSA) is 66.6 Å². The van der Waals surface area contributed by atoms with E-state index in [9.17, 15) is 15.2 Å². The van der Waals surface area contributed by atoms with Crippen LogP contribution in [0.1, 0.15) is 26.3 Å². The molecule has 0 fully saturated rings.